The van der Waals surface area contributed by atoms with Crippen LogP contribution in [0, 0.1) is 0 Å². The normalized spacial score (nSPS) is 12.1. The molecule has 6 heteroatoms. The highest BCUT2D eigenvalue weighted by Gasteiger charge is 2.20. The summed E-state index contributed by atoms with van der Waals surface area (Å²) >= 11 is 0. The van der Waals surface area contributed by atoms with Crippen molar-refractivity contribution in [2.24, 2.45) is 0 Å². The Balaban J connectivity index is 1.89. The first-order valence-corrected chi connectivity index (χ1v) is 8.53. The van der Waals surface area contributed by atoms with Crippen molar-refractivity contribution in [1.29, 1.82) is 0 Å². The molecule has 0 aliphatic heterocycles. The van der Waals surface area contributed by atoms with Crippen LogP contribution in [0.15, 0.2) is 48.5 Å². The maximum Gasteiger partial charge on any atom is 0.255 e. The fraction of sp³-hybridized carbons (Fsp3) is 0.300. The molecule has 26 heavy (non-hydrogen) atoms. The lowest BCUT2D eigenvalue weighted by Crippen LogP contribution is -2.29. The smallest absolute Gasteiger partial charge is 0.255 e. The second-order valence-corrected chi connectivity index (χ2v) is 6.00. The first kappa shape index (κ1) is 17.9. The summed E-state index contributed by atoms with van der Waals surface area (Å²) in [7, 11) is 3.23. The third kappa shape index (κ3) is 3.55. The number of fused-ring (bicyclic) bond motifs is 1. The van der Waals surface area contributed by atoms with Gasteiger partial charge in [-0.2, -0.15) is 0 Å². The van der Waals surface area contributed by atoms with E-state index >= 15 is 0 Å². The lowest BCUT2D eigenvalue weighted by atomic mass is 10.1. The van der Waals surface area contributed by atoms with Crippen molar-refractivity contribution in [3.8, 4) is 5.75 Å². The van der Waals surface area contributed by atoms with Crippen LogP contribution in [0.25, 0.3) is 11.0 Å². The second-order valence-electron chi connectivity index (χ2n) is 6.00. The van der Waals surface area contributed by atoms with Crippen molar-refractivity contribution < 1.29 is 14.3 Å². The van der Waals surface area contributed by atoms with Crippen LogP contribution in [0.4, 0.5) is 0 Å². The van der Waals surface area contributed by atoms with E-state index < -0.39 is 0 Å². The number of carbonyl (C=O) groups is 1. The number of nitrogens with zero attached hydrogens (tertiary/aromatic N) is 2. The molecule has 0 spiro atoms. The molecule has 3 aromatic rings. The van der Waals surface area contributed by atoms with E-state index in [0.29, 0.717) is 24.5 Å². The highest BCUT2D eigenvalue weighted by molar-refractivity contribution is 5.97. The second kappa shape index (κ2) is 8.01. The Labute approximate surface area is 152 Å². The van der Waals surface area contributed by atoms with Gasteiger partial charge in [0.15, 0.2) is 0 Å². The number of nitrogens with one attached hydrogen (secondary N) is 1. The molecule has 0 saturated carbocycles. The summed E-state index contributed by atoms with van der Waals surface area (Å²) in [5, 5.41) is 3.02. The molecule has 1 atom stereocenters. The van der Waals surface area contributed by atoms with E-state index in [1.165, 1.54) is 0 Å². The molecule has 1 amide bonds. The first-order valence-electron chi connectivity index (χ1n) is 8.53. The molecule has 0 bridgehead atoms. The third-order valence-electron chi connectivity index (χ3n) is 4.29. The van der Waals surface area contributed by atoms with E-state index in [1.807, 2.05) is 43.3 Å². The molecular weight excluding hydrogens is 330 g/mol. The van der Waals surface area contributed by atoms with Crippen LogP contribution >= 0.6 is 0 Å². The minimum Gasteiger partial charge on any atom is -0.496 e. The molecule has 0 fully saturated rings. The number of benzene rings is 2. The van der Waals surface area contributed by atoms with Gasteiger partial charge < -0.3 is 19.4 Å². The average Bonchev–Trinajstić information content (AvgIpc) is 3.05. The predicted octanol–water partition coefficient (Wildman–Crippen LogP) is 3.18. The number of para-hydroxylation sites is 3. The van der Waals surface area contributed by atoms with Crippen molar-refractivity contribution in [3.63, 3.8) is 0 Å². The van der Waals surface area contributed by atoms with Crippen LogP contribution in [-0.2, 0) is 11.3 Å². The molecule has 3 rings (SSSR count). The summed E-state index contributed by atoms with van der Waals surface area (Å²) in [6.07, 6.45) is 0. The Morgan fingerprint density at radius 3 is 2.65 bits per heavy atom. The number of methoxy groups -OCH3 is 2. The van der Waals surface area contributed by atoms with E-state index in [1.54, 1.807) is 26.4 Å². The molecule has 1 aromatic heterocycles. The van der Waals surface area contributed by atoms with E-state index in [4.69, 9.17) is 14.5 Å². The molecule has 0 aliphatic rings. The molecule has 1 N–H and O–H groups in total. The quantitative estimate of drug-likeness (QED) is 0.708. The Morgan fingerprint density at radius 2 is 1.88 bits per heavy atom. The van der Waals surface area contributed by atoms with Gasteiger partial charge in [-0.1, -0.05) is 24.3 Å². The molecular formula is C20H23N3O3. The van der Waals surface area contributed by atoms with Crippen molar-refractivity contribution in [2.45, 2.75) is 19.5 Å². The van der Waals surface area contributed by atoms with Gasteiger partial charge in [0.25, 0.3) is 5.91 Å². The number of ether oxygens (including phenoxy) is 2. The highest BCUT2D eigenvalue weighted by Crippen LogP contribution is 2.22. The summed E-state index contributed by atoms with van der Waals surface area (Å²) in [5.41, 5.74) is 2.43. The van der Waals surface area contributed by atoms with E-state index in [2.05, 4.69) is 9.88 Å². The lowest BCUT2D eigenvalue weighted by Gasteiger charge is -2.17. The van der Waals surface area contributed by atoms with Gasteiger partial charge in [0.1, 0.15) is 11.6 Å². The number of amides is 1. The molecule has 136 valence electrons. The minimum absolute atomic E-state index is 0.194. The van der Waals surface area contributed by atoms with Crippen molar-refractivity contribution in [1.82, 2.24) is 14.9 Å². The molecule has 2 aromatic carbocycles. The van der Waals surface area contributed by atoms with E-state index in [0.717, 1.165) is 16.9 Å². The third-order valence-corrected chi connectivity index (χ3v) is 4.29. The summed E-state index contributed by atoms with van der Waals surface area (Å²) in [5.74, 6) is 1.15. The summed E-state index contributed by atoms with van der Waals surface area (Å²) in [6, 6.07) is 14.8. The predicted molar refractivity (Wildman–Crippen MR) is 100 cm³/mol. The maximum absolute atomic E-state index is 12.7. The topological polar surface area (TPSA) is 65.4 Å². The SMILES string of the molecule is COCCn1c([C@@H](C)NC(=O)c2ccccc2OC)nc2ccccc21. The van der Waals surface area contributed by atoms with Crippen molar-refractivity contribution in [2.75, 3.05) is 20.8 Å². The van der Waals surface area contributed by atoms with E-state index in [-0.39, 0.29) is 11.9 Å². The molecule has 0 unspecified atom stereocenters. The Kier molecular flexibility index (Phi) is 5.53. The largest absolute Gasteiger partial charge is 0.496 e. The monoisotopic (exact) mass is 353 g/mol. The fourth-order valence-corrected chi connectivity index (χ4v) is 3.01. The number of hydrogen-bond donors (Lipinski definition) is 1. The summed E-state index contributed by atoms with van der Waals surface area (Å²) in [4.78, 5) is 17.4. The Hall–Kier alpha value is -2.86. The van der Waals surface area contributed by atoms with Crippen LogP contribution in [0.3, 0.4) is 0 Å². The van der Waals surface area contributed by atoms with E-state index in [9.17, 15) is 4.79 Å². The van der Waals surface area contributed by atoms with Crippen LogP contribution in [0.2, 0.25) is 0 Å². The Bertz CT molecular complexity index is 904. The van der Waals surface area contributed by atoms with Gasteiger partial charge in [0.2, 0.25) is 0 Å². The fourth-order valence-electron chi connectivity index (χ4n) is 3.01. The first-order chi connectivity index (χ1) is 12.7. The summed E-state index contributed by atoms with van der Waals surface area (Å²) < 4.78 is 12.6. The van der Waals surface area contributed by atoms with Crippen LogP contribution in [0.5, 0.6) is 5.75 Å². The van der Waals surface area contributed by atoms with Gasteiger partial charge >= 0.3 is 0 Å². The zero-order chi connectivity index (χ0) is 18.5. The molecule has 6 nitrogen and oxygen atoms in total. The Morgan fingerprint density at radius 1 is 1.15 bits per heavy atom. The average molecular weight is 353 g/mol. The van der Waals surface area contributed by atoms with Crippen LogP contribution in [-0.4, -0.2) is 36.3 Å². The molecule has 0 radical (unpaired) electrons. The summed E-state index contributed by atoms with van der Waals surface area (Å²) in [6.45, 7) is 3.17. The maximum atomic E-state index is 12.7. The van der Waals surface area contributed by atoms with Crippen molar-refractivity contribution >= 4 is 16.9 Å². The number of hydrogen-bond acceptors (Lipinski definition) is 4. The molecule has 0 aliphatic carbocycles. The number of imidazole rings is 1. The molecule has 0 saturated heterocycles. The van der Waals surface area contributed by atoms with Gasteiger partial charge in [-0.25, -0.2) is 4.98 Å². The number of aromatic nitrogens is 2. The zero-order valence-corrected chi connectivity index (χ0v) is 15.2. The molecule has 1 heterocycles. The van der Waals surface area contributed by atoms with Gasteiger partial charge in [0.05, 0.1) is 36.4 Å². The zero-order valence-electron chi connectivity index (χ0n) is 15.2. The number of carbonyl (C=O) groups excluding carboxylic acids is 1. The highest BCUT2D eigenvalue weighted by atomic mass is 16.5. The standard InChI is InChI=1S/C20H23N3O3/c1-14(21-20(24)15-8-4-7-11-18(15)26-3)19-22-16-9-5-6-10-17(16)23(19)12-13-25-2/h4-11,14H,12-13H2,1-3H3,(H,21,24)/t14-/m1/s1. The van der Waals surface area contributed by atoms with Gasteiger partial charge in [-0.05, 0) is 31.2 Å². The minimum atomic E-state index is -0.267. The van der Waals surface area contributed by atoms with Gasteiger partial charge in [-0.3, -0.25) is 4.79 Å². The van der Waals surface area contributed by atoms with Gasteiger partial charge in [0, 0.05) is 13.7 Å². The van der Waals surface area contributed by atoms with Crippen molar-refractivity contribution in [3.05, 3.63) is 59.9 Å². The lowest BCUT2D eigenvalue weighted by molar-refractivity contribution is 0.0934. The van der Waals surface area contributed by atoms with Gasteiger partial charge in [-0.15, -0.1) is 0 Å². The van der Waals surface area contributed by atoms with Crippen LogP contribution in [0.1, 0.15) is 29.1 Å². The van der Waals surface area contributed by atoms with Crippen LogP contribution < -0.4 is 10.1 Å². The number of rotatable bonds is 7.